The minimum atomic E-state index is -0.827. The number of amides is 1. The van der Waals surface area contributed by atoms with E-state index >= 15 is 0 Å². The smallest absolute Gasteiger partial charge is 0.253 e. The van der Waals surface area contributed by atoms with Crippen molar-refractivity contribution < 1.29 is 14.6 Å². The molecule has 1 amide bonds. The number of ether oxygens (including phenoxy) is 1. The number of hydrogen-bond donors (Lipinski definition) is 3. The largest absolute Gasteiger partial charge is 0.439 e. The fourth-order valence-electron chi connectivity index (χ4n) is 3.20. The molecule has 1 fully saturated rings. The van der Waals surface area contributed by atoms with Gasteiger partial charge in [0.2, 0.25) is 5.88 Å². The third-order valence-electron chi connectivity index (χ3n) is 4.75. The van der Waals surface area contributed by atoms with Crippen LogP contribution in [-0.4, -0.2) is 35.2 Å². The number of benzene rings is 1. The molecule has 1 aliphatic carbocycles. The van der Waals surface area contributed by atoms with Crippen LogP contribution in [0.2, 0.25) is 5.02 Å². The Morgan fingerprint density at radius 3 is 2.78 bits per heavy atom. The maximum atomic E-state index is 12.6. The minimum Gasteiger partial charge on any atom is -0.439 e. The van der Waals surface area contributed by atoms with Crippen LogP contribution in [0.5, 0.6) is 11.6 Å². The average Bonchev–Trinajstić information content (AvgIpc) is 2.68. The molecule has 1 saturated carbocycles. The van der Waals surface area contributed by atoms with E-state index in [9.17, 15) is 9.90 Å². The highest BCUT2D eigenvalue weighted by Crippen LogP contribution is 2.29. The van der Waals surface area contributed by atoms with Crippen LogP contribution >= 0.6 is 11.6 Å². The van der Waals surface area contributed by atoms with Crippen molar-refractivity contribution in [2.75, 3.05) is 18.9 Å². The molecule has 0 radical (unpaired) electrons. The van der Waals surface area contributed by atoms with Gasteiger partial charge in [-0.25, -0.2) is 0 Å². The predicted molar refractivity (Wildman–Crippen MR) is 106 cm³/mol. The Bertz CT molecular complexity index is 807. The SMILES string of the molecule is CNc1cccc(Oc2ccc(Cl)c(C(=O)NCC3(O)CCCCC3)c2)n1. The lowest BCUT2D eigenvalue weighted by Gasteiger charge is -2.32. The highest BCUT2D eigenvalue weighted by atomic mass is 35.5. The van der Waals surface area contributed by atoms with Crippen molar-refractivity contribution in [1.29, 1.82) is 0 Å². The maximum absolute atomic E-state index is 12.6. The van der Waals surface area contributed by atoms with Gasteiger partial charge in [-0.15, -0.1) is 0 Å². The summed E-state index contributed by atoms with van der Waals surface area (Å²) < 4.78 is 5.74. The Labute approximate surface area is 163 Å². The van der Waals surface area contributed by atoms with Crippen LogP contribution in [-0.2, 0) is 0 Å². The van der Waals surface area contributed by atoms with E-state index in [1.165, 1.54) is 0 Å². The molecule has 7 heteroatoms. The van der Waals surface area contributed by atoms with Gasteiger partial charge in [-0.3, -0.25) is 4.79 Å². The fourth-order valence-corrected chi connectivity index (χ4v) is 3.40. The first kappa shape index (κ1) is 19.5. The first-order valence-corrected chi connectivity index (χ1v) is 9.50. The number of carbonyl (C=O) groups excluding carboxylic acids is 1. The van der Waals surface area contributed by atoms with Gasteiger partial charge in [0, 0.05) is 19.7 Å². The molecule has 3 rings (SSSR count). The molecule has 0 saturated heterocycles. The van der Waals surface area contributed by atoms with Gasteiger partial charge in [0.1, 0.15) is 11.6 Å². The highest BCUT2D eigenvalue weighted by molar-refractivity contribution is 6.33. The standard InChI is InChI=1S/C20H24ClN3O3/c1-22-17-6-5-7-18(24-17)27-14-8-9-16(21)15(12-14)19(25)23-13-20(26)10-3-2-4-11-20/h5-9,12,26H,2-4,10-11,13H2,1H3,(H,22,24)(H,23,25). The van der Waals surface area contributed by atoms with E-state index in [4.69, 9.17) is 16.3 Å². The van der Waals surface area contributed by atoms with Crippen molar-refractivity contribution >= 4 is 23.3 Å². The predicted octanol–water partition coefficient (Wildman–Crippen LogP) is 3.99. The first-order valence-electron chi connectivity index (χ1n) is 9.12. The van der Waals surface area contributed by atoms with E-state index in [2.05, 4.69) is 15.6 Å². The van der Waals surface area contributed by atoms with Crippen molar-refractivity contribution in [3.05, 3.63) is 47.0 Å². The quantitative estimate of drug-likeness (QED) is 0.695. The second-order valence-electron chi connectivity index (χ2n) is 6.82. The van der Waals surface area contributed by atoms with Crippen LogP contribution in [0.1, 0.15) is 42.5 Å². The van der Waals surface area contributed by atoms with Gasteiger partial charge in [0.15, 0.2) is 0 Å². The molecule has 3 N–H and O–H groups in total. The zero-order valence-electron chi connectivity index (χ0n) is 15.3. The van der Waals surface area contributed by atoms with Crippen LogP contribution in [0, 0.1) is 0 Å². The summed E-state index contributed by atoms with van der Waals surface area (Å²) in [5.41, 5.74) is -0.523. The van der Waals surface area contributed by atoms with Gasteiger partial charge in [0.25, 0.3) is 5.91 Å². The Kier molecular flexibility index (Phi) is 6.19. The van der Waals surface area contributed by atoms with E-state index < -0.39 is 5.60 Å². The number of rotatable bonds is 6. The number of aromatic nitrogens is 1. The summed E-state index contributed by atoms with van der Waals surface area (Å²) in [6.07, 6.45) is 4.50. The number of carbonyl (C=O) groups is 1. The fraction of sp³-hybridized carbons (Fsp3) is 0.400. The molecule has 27 heavy (non-hydrogen) atoms. The summed E-state index contributed by atoms with van der Waals surface area (Å²) in [6, 6.07) is 10.3. The van der Waals surface area contributed by atoms with Crippen molar-refractivity contribution in [2.24, 2.45) is 0 Å². The normalized spacial score (nSPS) is 15.8. The molecule has 6 nitrogen and oxygen atoms in total. The average molecular weight is 390 g/mol. The monoisotopic (exact) mass is 389 g/mol. The topological polar surface area (TPSA) is 83.5 Å². The summed E-state index contributed by atoms with van der Waals surface area (Å²) in [5.74, 6) is 1.22. The number of anilines is 1. The van der Waals surface area contributed by atoms with Crippen LogP contribution in [0.3, 0.4) is 0 Å². The van der Waals surface area contributed by atoms with Gasteiger partial charge in [-0.2, -0.15) is 4.98 Å². The third-order valence-corrected chi connectivity index (χ3v) is 5.08. The lowest BCUT2D eigenvalue weighted by atomic mass is 9.85. The Balaban J connectivity index is 1.69. The molecule has 0 unspecified atom stereocenters. The van der Waals surface area contributed by atoms with Gasteiger partial charge in [0.05, 0.1) is 16.2 Å². The van der Waals surface area contributed by atoms with E-state index in [1.54, 1.807) is 31.3 Å². The Hall–Kier alpha value is -2.31. The molecule has 0 spiro atoms. The van der Waals surface area contributed by atoms with Crippen molar-refractivity contribution in [3.63, 3.8) is 0 Å². The van der Waals surface area contributed by atoms with Gasteiger partial charge < -0.3 is 20.5 Å². The Morgan fingerprint density at radius 2 is 2.04 bits per heavy atom. The molecule has 1 heterocycles. The molecule has 0 aliphatic heterocycles. The Morgan fingerprint density at radius 1 is 1.26 bits per heavy atom. The maximum Gasteiger partial charge on any atom is 0.253 e. The molecule has 1 aromatic carbocycles. The zero-order valence-corrected chi connectivity index (χ0v) is 16.1. The van der Waals surface area contributed by atoms with E-state index in [0.717, 1.165) is 19.3 Å². The minimum absolute atomic E-state index is 0.221. The summed E-state index contributed by atoms with van der Waals surface area (Å²) in [4.78, 5) is 16.9. The lowest BCUT2D eigenvalue weighted by Crippen LogP contribution is -2.44. The zero-order chi connectivity index (χ0) is 19.3. The van der Waals surface area contributed by atoms with E-state index in [1.807, 2.05) is 12.1 Å². The van der Waals surface area contributed by atoms with Crippen LogP contribution < -0.4 is 15.4 Å². The summed E-state index contributed by atoms with van der Waals surface area (Å²) in [6.45, 7) is 0.221. The number of nitrogens with zero attached hydrogens (tertiary/aromatic N) is 1. The first-order chi connectivity index (χ1) is 13.0. The lowest BCUT2D eigenvalue weighted by molar-refractivity contribution is 0.00526. The molecular formula is C20H24ClN3O3. The second-order valence-corrected chi connectivity index (χ2v) is 7.23. The van der Waals surface area contributed by atoms with Gasteiger partial charge >= 0.3 is 0 Å². The summed E-state index contributed by atoms with van der Waals surface area (Å²) >= 11 is 6.19. The number of halogens is 1. The molecule has 144 valence electrons. The second kappa shape index (κ2) is 8.59. The highest BCUT2D eigenvalue weighted by Gasteiger charge is 2.29. The molecule has 1 aliphatic rings. The van der Waals surface area contributed by atoms with Crippen LogP contribution in [0.4, 0.5) is 5.82 Å². The van der Waals surface area contributed by atoms with E-state index in [0.29, 0.717) is 40.9 Å². The number of hydrogen-bond acceptors (Lipinski definition) is 5. The van der Waals surface area contributed by atoms with Crippen LogP contribution in [0.25, 0.3) is 0 Å². The van der Waals surface area contributed by atoms with Gasteiger partial charge in [-0.1, -0.05) is 36.9 Å². The van der Waals surface area contributed by atoms with E-state index in [-0.39, 0.29) is 12.5 Å². The molecule has 0 atom stereocenters. The van der Waals surface area contributed by atoms with Crippen molar-refractivity contribution in [2.45, 2.75) is 37.7 Å². The van der Waals surface area contributed by atoms with Crippen molar-refractivity contribution in [3.8, 4) is 11.6 Å². The number of nitrogens with one attached hydrogen (secondary N) is 2. The van der Waals surface area contributed by atoms with Crippen molar-refractivity contribution in [1.82, 2.24) is 10.3 Å². The number of pyridine rings is 1. The third kappa shape index (κ3) is 5.11. The molecule has 2 aromatic rings. The summed E-state index contributed by atoms with van der Waals surface area (Å²) in [5, 5.41) is 16.6. The molecule has 1 aromatic heterocycles. The van der Waals surface area contributed by atoms with Gasteiger partial charge in [-0.05, 0) is 37.1 Å². The molecule has 0 bridgehead atoms. The number of aliphatic hydroxyl groups is 1. The van der Waals surface area contributed by atoms with Crippen LogP contribution in [0.15, 0.2) is 36.4 Å². The summed E-state index contributed by atoms with van der Waals surface area (Å²) in [7, 11) is 1.77. The molecular weight excluding hydrogens is 366 g/mol.